The van der Waals surface area contributed by atoms with E-state index in [4.69, 9.17) is 0 Å². The number of aromatic nitrogens is 2. The van der Waals surface area contributed by atoms with E-state index >= 15 is 0 Å². The van der Waals surface area contributed by atoms with Gasteiger partial charge in [0.2, 0.25) is 5.91 Å². The summed E-state index contributed by atoms with van der Waals surface area (Å²) >= 11 is 0. The third kappa shape index (κ3) is 3.74. The average Bonchev–Trinajstić information content (AvgIpc) is 3.15. The molecule has 5 nitrogen and oxygen atoms in total. The number of amides is 1. The minimum Gasteiger partial charge on any atom is -0.352 e. The summed E-state index contributed by atoms with van der Waals surface area (Å²) in [5.74, 6) is 0.237. The van der Waals surface area contributed by atoms with Crippen LogP contribution in [0.4, 0.5) is 0 Å². The Hall–Kier alpha value is -1.85. The van der Waals surface area contributed by atoms with Gasteiger partial charge in [0.1, 0.15) is 0 Å². The molecule has 0 bridgehead atoms. The van der Waals surface area contributed by atoms with Crippen LogP contribution in [0.3, 0.4) is 0 Å². The van der Waals surface area contributed by atoms with Crippen LogP contribution in [-0.2, 0) is 11.3 Å². The Bertz CT molecular complexity index is 663. The monoisotopic (exact) mass is 334 g/mol. The zero-order valence-corrected chi connectivity index (χ0v) is 14.3. The molecule has 6 heteroatoms. The summed E-state index contributed by atoms with van der Waals surface area (Å²) in [6.45, 7) is 6.30. The second kappa shape index (κ2) is 7.62. The van der Waals surface area contributed by atoms with Crippen molar-refractivity contribution < 1.29 is 4.79 Å². The normalized spacial score (nSPS) is 16.9. The average molecular weight is 335 g/mol. The van der Waals surface area contributed by atoms with Gasteiger partial charge in [0.25, 0.3) is 0 Å². The van der Waals surface area contributed by atoms with Crippen LogP contribution in [0.25, 0.3) is 5.69 Å². The lowest BCUT2D eigenvalue weighted by molar-refractivity contribution is -0.124. The van der Waals surface area contributed by atoms with Crippen molar-refractivity contribution in [3.05, 3.63) is 47.3 Å². The lowest BCUT2D eigenvalue weighted by Gasteiger charge is -2.10. The Morgan fingerprint density at radius 2 is 2.09 bits per heavy atom. The van der Waals surface area contributed by atoms with E-state index in [0.717, 1.165) is 42.1 Å². The first-order chi connectivity index (χ1) is 10.7. The van der Waals surface area contributed by atoms with E-state index in [1.165, 1.54) is 0 Å². The smallest absolute Gasteiger partial charge is 0.224 e. The number of nitrogens with one attached hydrogen (secondary N) is 2. The van der Waals surface area contributed by atoms with Gasteiger partial charge in [-0.15, -0.1) is 12.4 Å². The predicted molar refractivity (Wildman–Crippen MR) is 93.1 cm³/mol. The van der Waals surface area contributed by atoms with E-state index < -0.39 is 0 Å². The van der Waals surface area contributed by atoms with Crippen LogP contribution in [0, 0.1) is 19.8 Å². The maximum atomic E-state index is 12.1. The number of hydrogen-bond donors (Lipinski definition) is 2. The van der Waals surface area contributed by atoms with E-state index in [0.29, 0.717) is 6.54 Å². The van der Waals surface area contributed by atoms with Crippen LogP contribution in [0.15, 0.2) is 30.3 Å². The first-order valence-electron chi connectivity index (χ1n) is 7.76. The van der Waals surface area contributed by atoms with Gasteiger partial charge in [-0.2, -0.15) is 5.10 Å². The minimum atomic E-state index is 0. The van der Waals surface area contributed by atoms with Crippen LogP contribution in [0.5, 0.6) is 0 Å². The first-order valence-corrected chi connectivity index (χ1v) is 7.76. The maximum Gasteiger partial charge on any atom is 0.224 e. The molecular weight excluding hydrogens is 312 g/mol. The summed E-state index contributed by atoms with van der Waals surface area (Å²) < 4.78 is 1.94. The highest BCUT2D eigenvalue weighted by molar-refractivity contribution is 5.85. The second-order valence-corrected chi connectivity index (χ2v) is 5.80. The van der Waals surface area contributed by atoms with Crippen molar-refractivity contribution in [3.63, 3.8) is 0 Å². The van der Waals surface area contributed by atoms with Crippen LogP contribution in [-0.4, -0.2) is 28.8 Å². The predicted octanol–water partition coefficient (Wildman–Crippen LogP) is 2.14. The summed E-state index contributed by atoms with van der Waals surface area (Å²) in [6.07, 6.45) is 0.924. The Morgan fingerprint density at radius 3 is 2.74 bits per heavy atom. The molecule has 1 aromatic carbocycles. The number of nitrogens with zero attached hydrogens (tertiary/aromatic N) is 2. The maximum absolute atomic E-state index is 12.1. The highest BCUT2D eigenvalue weighted by Crippen LogP contribution is 2.18. The fourth-order valence-electron chi connectivity index (χ4n) is 2.95. The molecule has 1 aromatic heterocycles. The molecule has 1 amide bonds. The summed E-state index contributed by atoms with van der Waals surface area (Å²) in [5.41, 5.74) is 4.18. The first kappa shape index (κ1) is 17.5. The summed E-state index contributed by atoms with van der Waals surface area (Å²) in [4.78, 5) is 12.1. The Balaban J connectivity index is 0.00000192. The largest absolute Gasteiger partial charge is 0.352 e. The van der Waals surface area contributed by atoms with Crippen LogP contribution < -0.4 is 10.6 Å². The molecule has 1 aliphatic heterocycles. The zero-order valence-electron chi connectivity index (χ0n) is 13.5. The number of rotatable bonds is 4. The summed E-state index contributed by atoms with van der Waals surface area (Å²) in [7, 11) is 0. The van der Waals surface area contributed by atoms with E-state index in [1.54, 1.807) is 0 Å². The van der Waals surface area contributed by atoms with Crippen molar-refractivity contribution in [2.24, 2.45) is 5.92 Å². The molecule has 1 saturated heterocycles. The van der Waals surface area contributed by atoms with E-state index in [2.05, 4.69) is 15.7 Å². The Labute approximate surface area is 142 Å². The number of aryl methyl sites for hydroxylation is 1. The van der Waals surface area contributed by atoms with Crippen molar-refractivity contribution in [1.29, 1.82) is 0 Å². The molecule has 1 unspecified atom stereocenters. The number of halogens is 1. The minimum absolute atomic E-state index is 0. The Kier molecular flexibility index (Phi) is 5.80. The molecule has 0 spiro atoms. The van der Waals surface area contributed by atoms with Gasteiger partial charge >= 0.3 is 0 Å². The molecule has 1 atom stereocenters. The standard InChI is InChI=1S/C17H22N4O.ClH/c1-12-16(11-19-17(22)14-8-9-18-10-14)13(2)21(20-12)15-6-4-3-5-7-15;/h3-7,14,18H,8-11H2,1-2H3,(H,19,22);1H. The third-order valence-corrected chi connectivity index (χ3v) is 4.31. The molecule has 2 aromatic rings. The highest BCUT2D eigenvalue weighted by atomic mass is 35.5. The molecule has 0 aliphatic carbocycles. The molecule has 23 heavy (non-hydrogen) atoms. The second-order valence-electron chi connectivity index (χ2n) is 5.80. The lowest BCUT2D eigenvalue weighted by atomic mass is 10.1. The van der Waals surface area contributed by atoms with Crippen molar-refractivity contribution >= 4 is 18.3 Å². The third-order valence-electron chi connectivity index (χ3n) is 4.31. The molecule has 2 N–H and O–H groups in total. The molecule has 0 radical (unpaired) electrons. The van der Waals surface area contributed by atoms with Crippen LogP contribution in [0.2, 0.25) is 0 Å². The lowest BCUT2D eigenvalue weighted by Crippen LogP contribution is -2.31. The molecule has 124 valence electrons. The van der Waals surface area contributed by atoms with Crippen LogP contribution in [0.1, 0.15) is 23.4 Å². The summed E-state index contributed by atoms with van der Waals surface area (Å²) in [5, 5.41) is 10.9. The molecule has 3 rings (SSSR count). The van der Waals surface area contributed by atoms with Gasteiger partial charge in [-0.05, 0) is 38.9 Å². The van der Waals surface area contributed by atoms with Gasteiger partial charge in [-0.25, -0.2) is 4.68 Å². The number of para-hydroxylation sites is 1. The number of carbonyl (C=O) groups excluding carboxylic acids is 1. The fourth-order valence-corrected chi connectivity index (χ4v) is 2.95. The quantitative estimate of drug-likeness (QED) is 0.900. The number of benzene rings is 1. The molecular formula is C17H23ClN4O. The van der Waals surface area contributed by atoms with Gasteiger partial charge in [-0.1, -0.05) is 18.2 Å². The van der Waals surface area contributed by atoms with Crippen LogP contribution >= 0.6 is 12.4 Å². The number of carbonyl (C=O) groups is 1. The molecule has 2 heterocycles. The van der Waals surface area contributed by atoms with Crippen molar-refractivity contribution in [2.75, 3.05) is 13.1 Å². The van der Waals surface area contributed by atoms with Gasteiger partial charge < -0.3 is 10.6 Å². The molecule has 1 fully saturated rings. The van der Waals surface area contributed by atoms with Crippen molar-refractivity contribution in [2.45, 2.75) is 26.8 Å². The topological polar surface area (TPSA) is 59.0 Å². The van der Waals surface area contributed by atoms with Gasteiger partial charge in [-0.3, -0.25) is 4.79 Å². The van der Waals surface area contributed by atoms with Gasteiger partial charge in [0.05, 0.1) is 17.3 Å². The van der Waals surface area contributed by atoms with Crippen molar-refractivity contribution in [3.8, 4) is 5.69 Å². The summed E-state index contributed by atoms with van der Waals surface area (Å²) in [6, 6.07) is 10.1. The van der Waals surface area contributed by atoms with Gasteiger partial charge in [0.15, 0.2) is 0 Å². The SMILES string of the molecule is Cc1nn(-c2ccccc2)c(C)c1CNC(=O)C1CCNC1.Cl. The van der Waals surface area contributed by atoms with E-state index in [1.807, 2.05) is 48.9 Å². The van der Waals surface area contributed by atoms with Crippen molar-refractivity contribution in [1.82, 2.24) is 20.4 Å². The Morgan fingerprint density at radius 1 is 1.35 bits per heavy atom. The fraction of sp³-hybridized carbons (Fsp3) is 0.412. The van der Waals surface area contributed by atoms with E-state index in [-0.39, 0.29) is 24.2 Å². The number of hydrogen-bond acceptors (Lipinski definition) is 3. The van der Waals surface area contributed by atoms with Gasteiger partial charge in [0, 0.05) is 24.3 Å². The zero-order chi connectivity index (χ0) is 15.5. The molecule has 1 aliphatic rings. The van der Waals surface area contributed by atoms with E-state index in [9.17, 15) is 4.79 Å². The molecule has 0 saturated carbocycles. The highest BCUT2D eigenvalue weighted by Gasteiger charge is 2.22.